The number of ether oxygens (including phenoxy) is 2. The molecule has 40 heavy (non-hydrogen) atoms. The topological polar surface area (TPSA) is 93.9 Å². The van der Waals surface area contributed by atoms with Crippen molar-refractivity contribution >= 4 is 11.7 Å². The number of rotatable bonds is 14. The molecule has 2 amide bonds. The van der Waals surface area contributed by atoms with Gasteiger partial charge in [-0.3, -0.25) is 4.98 Å². The van der Waals surface area contributed by atoms with E-state index in [0.29, 0.717) is 48.5 Å². The van der Waals surface area contributed by atoms with Gasteiger partial charge in [0, 0.05) is 36.7 Å². The molecule has 1 aliphatic carbocycles. The minimum Gasteiger partial charge on any atom is -0.494 e. The monoisotopic (exact) mass is 546 g/mol. The van der Waals surface area contributed by atoms with Gasteiger partial charge in [-0.1, -0.05) is 37.8 Å². The molecule has 2 atom stereocenters. The fourth-order valence-electron chi connectivity index (χ4n) is 5.49. The van der Waals surface area contributed by atoms with E-state index in [2.05, 4.69) is 28.4 Å². The molecular formula is C31H42N6O3. The summed E-state index contributed by atoms with van der Waals surface area (Å²) >= 11 is 0. The van der Waals surface area contributed by atoms with E-state index < -0.39 is 0 Å². The Morgan fingerprint density at radius 3 is 2.77 bits per heavy atom. The summed E-state index contributed by atoms with van der Waals surface area (Å²) in [6, 6.07) is 1.66. The number of nitrogens with zero attached hydrogens (tertiary/aromatic N) is 5. The zero-order valence-electron chi connectivity index (χ0n) is 24.0. The second kappa shape index (κ2) is 14.0. The van der Waals surface area contributed by atoms with E-state index in [1.165, 1.54) is 25.7 Å². The van der Waals surface area contributed by atoms with Crippen molar-refractivity contribution in [2.45, 2.75) is 70.9 Å². The average Bonchev–Trinajstić information content (AvgIpc) is 3.65. The number of nitrogens with one attached hydrogen (secondary N) is 1. The lowest BCUT2D eigenvalue weighted by atomic mass is 9.96. The standard InChI is InChI=1S/C31H42N6O3/c1-6-9-17-40-30-29-32-15-16-36(29)21-27(35-30)25-19-26(33-20-28(25)39-5)22(4)37(8-3)31(38)34-24(12-7-2)18-23-13-10-11-14-23/h6-7,15-16,19-24H,1-2,8-14,17-18H2,3-5H3,(H,34,38)/t22-,24?/m1/s1. The van der Waals surface area contributed by atoms with E-state index in [1.807, 2.05) is 47.7 Å². The average molecular weight is 547 g/mol. The maximum absolute atomic E-state index is 13.5. The van der Waals surface area contributed by atoms with Gasteiger partial charge in [0.2, 0.25) is 5.65 Å². The van der Waals surface area contributed by atoms with Crippen molar-refractivity contribution in [1.82, 2.24) is 29.6 Å². The van der Waals surface area contributed by atoms with Crippen LogP contribution in [0.2, 0.25) is 0 Å². The molecule has 1 unspecified atom stereocenters. The first kappa shape index (κ1) is 29.1. The highest BCUT2D eigenvalue weighted by molar-refractivity contribution is 5.75. The van der Waals surface area contributed by atoms with Gasteiger partial charge in [0.1, 0.15) is 5.75 Å². The maximum Gasteiger partial charge on any atom is 0.318 e. The molecule has 9 nitrogen and oxygen atoms in total. The number of imidazole rings is 1. The molecule has 0 saturated heterocycles. The Bertz CT molecular complexity index is 1300. The van der Waals surface area contributed by atoms with E-state index in [4.69, 9.17) is 14.5 Å². The third-order valence-electron chi connectivity index (χ3n) is 7.66. The summed E-state index contributed by atoms with van der Waals surface area (Å²) in [7, 11) is 1.61. The molecule has 1 N–H and O–H groups in total. The quantitative estimate of drug-likeness (QED) is 0.186. The molecule has 0 aliphatic heterocycles. The minimum absolute atomic E-state index is 0.0827. The number of pyridine rings is 1. The van der Waals surface area contributed by atoms with Crippen molar-refractivity contribution in [3.8, 4) is 22.9 Å². The van der Waals surface area contributed by atoms with Crippen molar-refractivity contribution in [1.29, 1.82) is 0 Å². The van der Waals surface area contributed by atoms with Crippen LogP contribution in [0.1, 0.15) is 70.5 Å². The van der Waals surface area contributed by atoms with Crippen molar-refractivity contribution in [2.24, 2.45) is 5.92 Å². The summed E-state index contributed by atoms with van der Waals surface area (Å²) < 4.78 is 13.5. The Labute approximate surface area is 237 Å². The van der Waals surface area contributed by atoms with Crippen LogP contribution < -0.4 is 14.8 Å². The fraction of sp³-hybridized carbons (Fsp3) is 0.484. The predicted octanol–water partition coefficient (Wildman–Crippen LogP) is 6.37. The SMILES string of the molecule is C=CCCOc1nc(-c2cc([C@@H](C)N(CC)C(=O)NC(CC=C)CC3CCCC3)ncc2OC)cn2ccnc12. The largest absolute Gasteiger partial charge is 0.494 e. The van der Waals surface area contributed by atoms with E-state index in [9.17, 15) is 4.79 Å². The molecule has 3 aromatic rings. The maximum atomic E-state index is 13.5. The zero-order chi connectivity index (χ0) is 28.5. The van der Waals surface area contributed by atoms with Gasteiger partial charge in [0.25, 0.3) is 5.88 Å². The highest BCUT2D eigenvalue weighted by Crippen LogP contribution is 2.34. The second-order valence-corrected chi connectivity index (χ2v) is 10.3. The van der Waals surface area contributed by atoms with E-state index in [1.54, 1.807) is 25.6 Å². The summed E-state index contributed by atoms with van der Waals surface area (Å²) in [6.07, 6.45) is 18.4. The van der Waals surface area contributed by atoms with Gasteiger partial charge in [-0.2, -0.15) is 0 Å². The van der Waals surface area contributed by atoms with E-state index in [-0.39, 0.29) is 18.1 Å². The summed E-state index contributed by atoms with van der Waals surface area (Å²) in [4.78, 5) is 29.2. The van der Waals surface area contributed by atoms with Crippen LogP contribution in [0.3, 0.4) is 0 Å². The van der Waals surface area contributed by atoms with Gasteiger partial charge >= 0.3 is 6.03 Å². The molecular weight excluding hydrogens is 504 g/mol. The molecule has 214 valence electrons. The van der Waals surface area contributed by atoms with Crippen molar-refractivity contribution in [3.05, 3.63) is 61.9 Å². The van der Waals surface area contributed by atoms with Crippen LogP contribution in [0, 0.1) is 5.92 Å². The normalized spacial score (nSPS) is 15.0. The molecule has 3 heterocycles. The Kier molecular flexibility index (Phi) is 10.2. The zero-order valence-corrected chi connectivity index (χ0v) is 24.0. The highest BCUT2D eigenvalue weighted by atomic mass is 16.5. The third-order valence-corrected chi connectivity index (χ3v) is 7.66. The summed E-state index contributed by atoms with van der Waals surface area (Å²) in [5.41, 5.74) is 2.79. The summed E-state index contributed by atoms with van der Waals surface area (Å²) in [5.74, 6) is 1.69. The van der Waals surface area contributed by atoms with E-state index in [0.717, 1.165) is 24.1 Å². The highest BCUT2D eigenvalue weighted by Gasteiger charge is 2.26. The first-order chi connectivity index (χ1) is 19.5. The molecule has 0 spiro atoms. The number of amides is 2. The second-order valence-electron chi connectivity index (χ2n) is 10.3. The predicted molar refractivity (Wildman–Crippen MR) is 158 cm³/mol. The van der Waals surface area contributed by atoms with Gasteiger partial charge in [0.15, 0.2) is 0 Å². The van der Waals surface area contributed by atoms with Crippen molar-refractivity contribution < 1.29 is 14.3 Å². The number of methoxy groups -OCH3 is 1. The molecule has 9 heteroatoms. The van der Waals surface area contributed by atoms with Crippen LogP contribution in [-0.2, 0) is 0 Å². The molecule has 0 aromatic carbocycles. The van der Waals surface area contributed by atoms with Gasteiger partial charge in [-0.25, -0.2) is 14.8 Å². The number of hydrogen-bond donors (Lipinski definition) is 1. The van der Waals surface area contributed by atoms with Crippen LogP contribution in [-0.4, -0.2) is 56.6 Å². The van der Waals surface area contributed by atoms with Gasteiger partial charge < -0.3 is 24.1 Å². The van der Waals surface area contributed by atoms with Gasteiger partial charge in [0.05, 0.1) is 37.3 Å². The Morgan fingerprint density at radius 1 is 1.27 bits per heavy atom. The third kappa shape index (κ3) is 6.81. The lowest BCUT2D eigenvalue weighted by molar-refractivity contribution is 0.175. The van der Waals surface area contributed by atoms with Crippen molar-refractivity contribution in [2.75, 3.05) is 20.3 Å². The fourth-order valence-corrected chi connectivity index (χ4v) is 5.49. The molecule has 1 aliphatic rings. The lowest BCUT2D eigenvalue weighted by Gasteiger charge is -2.31. The number of carbonyl (C=O) groups excluding carboxylic acids is 1. The van der Waals surface area contributed by atoms with Crippen LogP contribution >= 0.6 is 0 Å². The molecule has 3 aromatic heterocycles. The summed E-state index contributed by atoms with van der Waals surface area (Å²) in [6.45, 7) is 12.7. The summed E-state index contributed by atoms with van der Waals surface area (Å²) in [5, 5.41) is 3.28. The Morgan fingerprint density at radius 2 is 2.08 bits per heavy atom. The number of fused-ring (bicyclic) bond motifs is 1. The van der Waals surface area contributed by atoms with Crippen molar-refractivity contribution in [3.63, 3.8) is 0 Å². The molecule has 1 fully saturated rings. The van der Waals surface area contributed by atoms with Gasteiger partial charge in [-0.05, 0) is 45.1 Å². The Balaban J connectivity index is 1.59. The number of urea groups is 1. The molecule has 0 radical (unpaired) electrons. The lowest BCUT2D eigenvalue weighted by Crippen LogP contribution is -2.46. The van der Waals surface area contributed by atoms with E-state index >= 15 is 0 Å². The first-order valence-corrected chi connectivity index (χ1v) is 14.3. The molecule has 0 bridgehead atoms. The van der Waals surface area contributed by atoms with Crippen LogP contribution in [0.5, 0.6) is 11.6 Å². The minimum atomic E-state index is -0.272. The molecule has 4 rings (SSSR count). The van der Waals surface area contributed by atoms with Crippen LogP contribution in [0.4, 0.5) is 4.79 Å². The smallest absolute Gasteiger partial charge is 0.318 e. The Hall–Kier alpha value is -3.88. The van der Waals surface area contributed by atoms with Crippen LogP contribution in [0.25, 0.3) is 16.9 Å². The first-order valence-electron chi connectivity index (χ1n) is 14.3. The van der Waals surface area contributed by atoms with Crippen LogP contribution in [0.15, 0.2) is 56.2 Å². The molecule has 1 saturated carbocycles. The number of hydrogen-bond acceptors (Lipinski definition) is 6. The number of aromatic nitrogens is 4. The number of carbonyl (C=O) groups is 1. The van der Waals surface area contributed by atoms with Gasteiger partial charge in [-0.15, -0.1) is 13.2 Å².